The highest BCUT2D eigenvalue weighted by Crippen LogP contribution is 2.33. The maximum atomic E-state index is 12.3. The highest BCUT2D eigenvalue weighted by atomic mass is 16.2. The molecule has 1 amide bonds. The maximum absolute atomic E-state index is 12.3. The molecule has 1 saturated carbocycles. The van der Waals surface area contributed by atoms with Gasteiger partial charge in [0.1, 0.15) is 6.33 Å². The Balaban J connectivity index is 1.29. The Bertz CT molecular complexity index is 1000. The van der Waals surface area contributed by atoms with Gasteiger partial charge in [-0.3, -0.25) is 4.79 Å². The van der Waals surface area contributed by atoms with Crippen LogP contribution in [0.1, 0.15) is 24.8 Å². The van der Waals surface area contributed by atoms with E-state index in [1.165, 1.54) is 16.7 Å². The Morgan fingerprint density at radius 3 is 2.31 bits per heavy atom. The van der Waals surface area contributed by atoms with Gasteiger partial charge in [0.2, 0.25) is 5.91 Å². The van der Waals surface area contributed by atoms with Crippen LogP contribution in [0.3, 0.4) is 0 Å². The fraction of sp³-hybridized carbons (Fsp3) is 0.375. The van der Waals surface area contributed by atoms with Crippen LogP contribution in [0.2, 0.25) is 0 Å². The molecule has 2 aliphatic rings. The molecule has 5 nitrogen and oxygen atoms in total. The summed E-state index contributed by atoms with van der Waals surface area (Å²) in [6, 6.07) is 17.1. The minimum atomic E-state index is 0.311. The van der Waals surface area contributed by atoms with Gasteiger partial charge in [0, 0.05) is 31.1 Å². The monoisotopic (exact) mass is 386 g/mol. The Hall–Kier alpha value is -2.95. The molecule has 1 atom stereocenters. The molecule has 1 aromatic heterocycles. The molecule has 5 rings (SSSR count). The second-order valence-electron chi connectivity index (χ2n) is 8.46. The van der Waals surface area contributed by atoms with Gasteiger partial charge in [-0.25, -0.2) is 0 Å². The predicted octanol–water partition coefficient (Wildman–Crippen LogP) is 4.18. The van der Waals surface area contributed by atoms with Gasteiger partial charge in [0.05, 0.1) is 0 Å². The van der Waals surface area contributed by atoms with Crippen molar-refractivity contribution in [1.82, 2.24) is 19.7 Å². The molecule has 0 spiro atoms. The highest BCUT2D eigenvalue weighted by Gasteiger charge is 2.36. The van der Waals surface area contributed by atoms with Gasteiger partial charge in [0.25, 0.3) is 0 Å². The van der Waals surface area contributed by atoms with Crippen LogP contribution < -0.4 is 0 Å². The number of likely N-dealkylation sites (tertiary alicyclic amines) is 1. The topological polar surface area (TPSA) is 51.0 Å². The van der Waals surface area contributed by atoms with E-state index in [0.717, 1.165) is 50.3 Å². The molecule has 1 aliphatic carbocycles. The van der Waals surface area contributed by atoms with Crippen molar-refractivity contribution in [2.24, 2.45) is 11.8 Å². The Morgan fingerprint density at radius 1 is 0.966 bits per heavy atom. The SMILES string of the molecule is Cc1ccc(-c2ccc(-c3nncn3CC3CCN(C(=O)C4CC4)C3)cc2)cc1. The van der Waals surface area contributed by atoms with Gasteiger partial charge in [0.15, 0.2) is 5.82 Å². The number of aryl methyl sites for hydroxylation is 1. The molecule has 0 radical (unpaired) electrons. The fourth-order valence-electron chi connectivity index (χ4n) is 4.22. The van der Waals surface area contributed by atoms with Gasteiger partial charge < -0.3 is 9.47 Å². The first-order valence-corrected chi connectivity index (χ1v) is 10.5. The van der Waals surface area contributed by atoms with Crippen LogP contribution >= 0.6 is 0 Å². The van der Waals surface area contributed by atoms with Gasteiger partial charge in [-0.1, -0.05) is 54.1 Å². The lowest BCUT2D eigenvalue weighted by Gasteiger charge is -2.17. The first-order valence-electron chi connectivity index (χ1n) is 10.5. The number of nitrogens with zero attached hydrogens (tertiary/aromatic N) is 4. The molecule has 1 unspecified atom stereocenters. The lowest BCUT2D eigenvalue weighted by atomic mass is 10.0. The number of carbonyl (C=O) groups is 1. The molecular weight excluding hydrogens is 360 g/mol. The Kier molecular flexibility index (Phi) is 4.66. The van der Waals surface area contributed by atoms with Crippen molar-refractivity contribution in [2.45, 2.75) is 32.7 Å². The van der Waals surface area contributed by atoms with Crippen molar-refractivity contribution in [3.63, 3.8) is 0 Å². The number of amides is 1. The number of benzene rings is 2. The molecule has 0 bridgehead atoms. The molecule has 2 fully saturated rings. The van der Waals surface area contributed by atoms with Crippen LogP contribution in [0.4, 0.5) is 0 Å². The number of hydrogen-bond acceptors (Lipinski definition) is 3. The summed E-state index contributed by atoms with van der Waals surface area (Å²) in [6.45, 7) is 4.71. The van der Waals surface area contributed by atoms with Crippen LogP contribution in [-0.4, -0.2) is 38.7 Å². The molecule has 2 heterocycles. The number of aromatic nitrogens is 3. The smallest absolute Gasteiger partial charge is 0.225 e. The number of hydrogen-bond donors (Lipinski definition) is 0. The van der Waals surface area contributed by atoms with Crippen LogP contribution in [0, 0.1) is 18.8 Å². The first kappa shape index (κ1) is 18.1. The first-order chi connectivity index (χ1) is 14.2. The Labute approximate surface area is 171 Å². The van der Waals surface area contributed by atoms with Crippen molar-refractivity contribution in [3.05, 3.63) is 60.4 Å². The highest BCUT2D eigenvalue weighted by molar-refractivity contribution is 5.81. The molecule has 1 saturated heterocycles. The van der Waals surface area contributed by atoms with Crippen LogP contribution in [0.15, 0.2) is 54.9 Å². The normalized spacial score (nSPS) is 18.9. The largest absolute Gasteiger partial charge is 0.342 e. The second kappa shape index (κ2) is 7.47. The number of carbonyl (C=O) groups excluding carboxylic acids is 1. The van der Waals surface area contributed by atoms with Crippen LogP contribution in [0.5, 0.6) is 0 Å². The summed E-state index contributed by atoms with van der Waals surface area (Å²) in [4.78, 5) is 14.4. The molecule has 29 heavy (non-hydrogen) atoms. The van der Waals surface area contributed by atoms with E-state index in [4.69, 9.17) is 0 Å². The lowest BCUT2D eigenvalue weighted by molar-refractivity contribution is -0.131. The predicted molar refractivity (Wildman–Crippen MR) is 113 cm³/mol. The summed E-state index contributed by atoms with van der Waals surface area (Å²) in [6.07, 6.45) is 5.03. The van der Waals surface area contributed by atoms with E-state index < -0.39 is 0 Å². The molecule has 0 N–H and O–H groups in total. The lowest BCUT2D eigenvalue weighted by Crippen LogP contribution is -2.30. The minimum Gasteiger partial charge on any atom is -0.342 e. The molecular formula is C24H26N4O. The maximum Gasteiger partial charge on any atom is 0.225 e. The molecule has 1 aliphatic heterocycles. The average molecular weight is 386 g/mol. The van der Waals surface area contributed by atoms with Gasteiger partial charge >= 0.3 is 0 Å². The van der Waals surface area contributed by atoms with Crippen molar-refractivity contribution in [2.75, 3.05) is 13.1 Å². The van der Waals surface area contributed by atoms with Crippen molar-refractivity contribution in [3.8, 4) is 22.5 Å². The van der Waals surface area contributed by atoms with Crippen molar-refractivity contribution < 1.29 is 4.79 Å². The minimum absolute atomic E-state index is 0.311. The second-order valence-corrected chi connectivity index (χ2v) is 8.46. The van der Waals surface area contributed by atoms with E-state index in [2.05, 4.69) is 75.1 Å². The summed E-state index contributed by atoms with van der Waals surface area (Å²) >= 11 is 0. The summed E-state index contributed by atoms with van der Waals surface area (Å²) in [5.41, 5.74) is 4.75. The van der Waals surface area contributed by atoms with E-state index >= 15 is 0 Å². The van der Waals surface area contributed by atoms with Crippen molar-refractivity contribution in [1.29, 1.82) is 0 Å². The average Bonchev–Trinajstić information content (AvgIpc) is 3.32. The van der Waals surface area contributed by atoms with Crippen LogP contribution in [0.25, 0.3) is 22.5 Å². The summed E-state index contributed by atoms with van der Waals surface area (Å²) in [5.74, 6) is 2.04. The standard InChI is InChI=1S/C24H26N4O/c1-17-2-4-19(5-3-17)20-6-8-21(9-7-20)23-26-25-16-28(23)15-18-12-13-27(14-18)24(29)22-10-11-22/h2-9,16,18,22H,10-15H2,1H3. The van der Waals surface area contributed by atoms with Gasteiger partial charge in [-0.15, -0.1) is 10.2 Å². The van der Waals surface area contributed by atoms with Crippen molar-refractivity contribution >= 4 is 5.91 Å². The van der Waals surface area contributed by atoms with Crippen LogP contribution in [-0.2, 0) is 11.3 Å². The Morgan fingerprint density at radius 2 is 1.62 bits per heavy atom. The molecule has 148 valence electrons. The quantitative estimate of drug-likeness (QED) is 0.661. The zero-order chi connectivity index (χ0) is 19.8. The zero-order valence-corrected chi connectivity index (χ0v) is 16.8. The summed E-state index contributed by atoms with van der Waals surface area (Å²) in [7, 11) is 0. The van der Waals surface area contributed by atoms with E-state index in [1.807, 2.05) is 6.33 Å². The summed E-state index contributed by atoms with van der Waals surface area (Å²) < 4.78 is 2.14. The zero-order valence-electron chi connectivity index (χ0n) is 16.8. The van der Waals surface area contributed by atoms with E-state index in [-0.39, 0.29) is 0 Å². The molecule has 5 heteroatoms. The van der Waals surface area contributed by atoms with Gasteiger partial charge in [-0.2, -0.15) is 0 Å². The third-order valence-corrected chi connectivity index (χ3v) is 6.12. The third-order valence-electron chi connectivity index (χ3n) is 6.12. The van der Waals surface area contributed by atoms with E-state index in [1.54, 1.807) is 0 Å². The molecule has 2 aromatic carbocycles. The fourth-order valence-corrected chi connectivity index (χ4v) is 4.22. The third kappa shape index (κ3) is 3.82. The van der Waals surface area contributed by atoms with E-state index in [9.17, 15) is 4.79 Å². The van der Waals surface area contributed by atoms with E-state index in [0.29, 0.717) is 17.7 Å². The van der Waals surface area contributed by atoms with Gasteiger partial charge in [-0.05, 0) is 43.2 Å². The number of rotatable bonds is 5. The molecule has 3 aromatic rings. The summed E-state index contributed by atoms with van der Waals surface area (Å²) in [5, 5.41) is 8.52.